The van der Waals surface area contributed by atoms with Gasteiger partial charge in [0, 0.05) is 7.05 Å². The van der Waals surface area contributed by atoms with Crippen LogP contribution in [0.15, 0.2) is 42.2 Å². The second kappa shape index (κ2) is 3.52. The van der Waals surface area contributed by atoms with Crippen molar-refractivity contribution in [3.8, 4) is 6.07 Å². The lowest BCUT2D eigenvalue weighted by molar-refractivity contribution is -0.0804. The molecule has 0 spiro atoms. The maximum absolute atomic E-state index is 8.89. The summed E-state index contributed by atoms with van der Waals surface area (Å²) in [5.74, 6) is 0. The fourth-order valence-corrected chi connectivity index (χ4v) is 1.57. The van der Waals surface area contributed by atoms with E-state index in [1.54, 1.807) is 5.06 Å². The molecule has 2 rings (SSSR count). The van der Waals surface area contributed by atoms with Crippen LogP contribution >= 0.6 is 0 Å². The van der Waals surface area contributed by atoms with Crippen molar-refractivity contribution < 1.29 is 4.84 Å². The summed E-state index contributed by atoms with van der Waals surface area (Å²) in [5, 5.41) is 10.6. The Bertz CT molecular complexity index is 391. The van der Waals surface area contributed by atoms with Gasteiger partial charge in [-0.05, 0) is 5.56 Å². The molecule has 1 atom stereocenters. The molecule has 0 saturated carbocycles. The number of nitriles is 1. The molecule has 0 fully saturated rings. The van der Waals surface area contributed by atoms with Crippen LogP contribution in [0, 0.1) is 11.3 Å². The van der Waals surface area contributed by atoms with Gasteiger partial charge >= 0.3 is 0 Å². The van der Waals surface area contributed by atoms with Crippen LogP contribution in [0.3, 0.4) is 0 Å². The van der Waals surface area contributed by atoms with Gasteiger partial charge in [0.1, 0.15) is 18.4 Å². The summed E-state index contributed by atoms with van der Waals surface area (Å²) in [6.45, 7) is 0. The maximum atomic E-state index is 8.89. The number of benzene rings is 1. The Hall–Kier alpha value is -1.79. The third-order valence-corrected chi connectivity index (χ3v) is 2.25. The first kappa shape index (κ1) is 8.79. The molecule has 14 heavy (non-hydrogen) atoms. The minimum absolute atomic E-state index is 0.0683. The summed E-state index contributed by atoms with van der Waals surface area (Å²) in [7, 11) is 1.82. The van der Waals surface area contributed by atoms with Gasteiger partial charge in [-0.25, -0.2) is 0 Å². The summed E-state index contributed by atoms with van der Waals surface area (Å²) in [4.78, 5) is 5.17. The van der Waals surface area contributed by atoms with E-state index in [4.69, 9.17) is 10.1 Å². The first-order valence-electron chi connectivity index (χ1n) is 4.37. The molecule has 1 heterocycles. The van der Waals surface area contributed by atoms with Crippen LogP contribution in [0.4, 0.5) is 0 Å². The van der Waals surface area contributed by atoms with Gasteiger partial charge in [-0.15, -0.1) is 5.06 Å². The Balaban J connectivity index is 2.35. The Kier molecular flexibility index (Phi) is 2.21. The van der Waals surface area contributed by atoms with E-state index >= 15 is 0 Å². The topological polar surface area (TPSA) is 36.3 Å². The molecule has 0 aromatic heterocycles. The van der Waals surface area contributed by atoms with Crippen molar-refractivity contribution in [1.29, 1.82) is 5.26 Å². The molecule has 1 aliphatic heterocycles. The Morgan fingerprint density at radius 1 is 1.36 bits per heavy atom. The average molecular weight is 186 g/mol. The van der Waals surface area contributed by atoms with Crippen molar-refractivity contribution >= 4 is 0 Å². The number of rotatable bonds is 1. The fourth-order valence-electron chi connectivity index (χ4n) is 1.57. The highest BCUT2D eigenvalue weighted by Crippen LogP contribution is 2.31. The largest absolute Gasteiger partial charge is 0.412 e. The summed E-state index contributed by atoms with van der Waals surface area (Å²) in [6.07, 6.45) is 1.50. The average Bonchev–Trinajstić information content (AvgIpc) is 2.61. The van der Waals surface area contributed by atoms with Crippen LogP contribution in [0.1, 0.15) is 11.6 Å². The highest BCUT2D eigenvalue weighted by molar-refractivity contribution is 5.36. The fraction of sp³-hybridized carbons (Fsp3) is 0.182. The monoisotopic (exact) mass is 186 g/mol. The minimum atomic E-state index is -0.0683. The number of hydroxylamine groups is 2. The SMILES string of the molecule is CN1OC=C(C#N)C1c1ccccc1. The summed E-state index contributed by atoms with van der Waals surface area (Å²) in [6, 6.07) is 11.9. The number of nitrogens with zero attached hydrogens (tertiary/aromatic N) is 2. The van der Waals surface area contributed by atoms with Crippen molar-refractivity contribution in [1.82, 2.24) is 5.06 Å². The Morgan fingerprint density at radius 3 is 2.71 bits per heavy atom. The van der Waals surface area contributed by atoms with Crippen molar-refractivity contribution in [2.45, 2.75) is 6.04 Å². The standard InChI is InChI=1S/C11H10N2O/c1-13-11(10(7-12)8-14-13)9-5-3-2-4-6-9/h2-6,8,11H,1H3. The third kappa shape index (κ3) is 1.36. The Morgan fingerprint density at radius 2 is 2.07 bits per heavy atom. The van der Waals surface area contributed by atoms with Gasteiger partial charge in [-0.3, -0.25) is 0 Å². The predicted molar refractivity (Wildman–Crippen MR) is 51.7 cm³/mol. The highest BCUT2D eigenvalue weighted by Gasteiger charge is 2.27. The Labute approximate surface area is 82.8 Å². The second-order valence-corrected chi connectivity index (χ2v) is 3.15. The molecule has 70 valence electrons. The van der Waals surface area contributed by atoms with Gasteiger partial charge in [0.25, 0.3) is 0 Å². The lowest BCUT2D eigenvalue weighted by Crippen LogP contribution is -2.18. The third-order valence-electron chi connectivity index (χ3n) is 2.25. The smallest absolute Gasteiger partial charge is 0.127 e. The van der Waals surface area contributed by atoms with Gasteiger partial charge < -0.3 is 4.84 Å². The first-order valence-corrected chi connectivity index (χ1v) is 4.37. The lowest BCUT2D eigenvalue weighted by Gasteiger charge is -2.18. The second-order valence-electron chi connectivity index (χ2n) is 3.15. The molecular weight excluding hydrogens is 176 g/mol. The van der Waals surface area contributed by atoms with E-state index in [1.807, 2.05) is 37.4 Å². The van der Waals surface area contributed by atoms with Crippen LogP contribution in [-0.2, 0) is 4.84 Å². The molecule has 0 N–H and O–H groups in total. The van der Waals surface area contributed by atoms with Gasteiger partial charge in [0.2, 0.25) is 0 Å². The number of hydrogen-bond donors (Lipinski definition) is 0. The van der Waals surface area contributed by atoms with Gasteiger partial charge in [0.05, 0.1) is 5.57 Å². The van der Waals surface area contributed by atoms with Crippen molar-refractivity contribution in [2.75, 3.05) is 7.05 Å². The summed E-state index contributed by atoms with van der Waals surface area (Å²) >= 11 is 0. The van der Waals surface area contributed by atoms with E-state index in [-0.39, 0.29) is 6.04 Å². The van der Waals surface area contributed by atoms with Crippen LogP contribution in [0.2, 0.25) is 0 Å². The molecule has 3 heteroatoms. The van der Waals surface area contributed by atoms with Crippen LogP contribution in [-0.4, -0.2) is 12.1 Å². The molecule has 1 aromatic rings. The molecule has 1 aliphatic rings. The van der Waals surface area contributed by atoms with E-state index in [2.05, 4.69) is 6.07 Å². The van der Waals surface area contributed by atoms with E-state index in [9.17, 15) is 0 Å². The zero-order valence-corrected chi connectivity index (χ0v) is 7.84. The highest BCUT2D eigenvalue weighted by atomic mass is 16.7. The van der Waals surface area contributed by atoms with E-state index in [0.29, 0.717) is 5.57 Å². The molecule has 3 nitrogen and oxygen atoms in total. The van der Waals surface area contributed by atoms with E-state index < -0.39 is 0 Å². The van der Waals surface area contributed by atoms with Crippen LogP contribution < -0.4 is 0 Å². The van der Waals surface area contributed by atoms with E-state index in [1.165, 1.54) is 6.26 Å². The molecule has 0 aliphatic carbocycles. The molecular formula is C11H10N2O. The number of likely N-dealkylation sites (N-methyl/N-ethyl adjacent to an activating group) is 1. The zero-order chi connectivity index (χ0) is 9.97. The molecule has 0 amide bonds. The molecule has 0 bridgehead atoms. The normalized spacial score (nSPS) is 21.1. The maximum Gasteiger partial charge on any atom is 0.127 e. The van der Waals surface area contributed by atoms with Gasteiger partial charge in [-0.2, -0.15) is 5.26 Å². The summed E-state index contributed by atoms with van der Waals surface area (Å²) < 4.78 is 0. The number of hydrogen-bond acceptors (Lipinski definition) is 3. The predicted octanol–water partition coefficient (Wildman–Crippen LogP) is 2.01. The van der Waals surface area contributed by atoms with Crippen LogP contribution in [0.5, 0.6) is 0 Å². The van der Waals surface area contributed by atoms with Gasteiger partial charge in [-0.1, -0.05) is 30.3 Å². The molecule has 1 unspecified atom stereocenters. The van der Waals surface area contributed by atoms with Crippen LogP contribution in [0.25, 0.3) is 0 Å². The quantitative estimate of drug-likeness (QED) is 0.673. The first-order chi connectivity index (χ1) is 6.83. The molecule has 0 radical (unpaired) electrons. The molecule has 0 saturated heterocycles. The minimum Gasteiger partial charge on any atom is -0.412 e. The van der Waals surface area contributed by atoms with Gasteiger partial charge in [0.15, 0.2) is 0 Å². The summed E-state index contributed by atoms with van der Waals surface area (Å²) in [5.41, 5.74) is 1.71. The van der Waals surface area contributed by atoms with Crippen molar-refractivity contribution in [3.63, 3.8) is 0 Å². The van der Waals surface area contributed by atoms with Crippen molar-refractivity contribution in [2.24, 2.45) is 0 Å². The van der Waals surface area contributed by atoms with Crippen molar-refractivity contribution in [3.05, 3.63) is 47.7 Å². The lowest BCUT2D eigenvalue weighted by atomic mass is 10.0. The zero-order valence-electron chi connectivity index (χ0n) is 7.84. The molecule has 1 aromatic carbocycles. The van der Waals surface area contributed by atoms with E-state index in [0.717, 1.165) is 5.56 Å².